The first kappa shape index (κ1) is 19.5. The topological polar surface area (TPSA) is 58.0 Å². The van der Waals surface area contributed by atoms with E-state index in [0.717, 1.165) is 24.9 Å². The monoisotopic (exact) mass is 319 g/mol. The summed E-state index contributed by atoms with van der Waals surface area (Å²) in [6, 6.07) is 4.27. The third-order valence-corrected chi connectivity index (χ3v) is 3.88. The van der Waals surface area contributed by atoms with Crippen molar-refractivity contribution in [2.24, 2.45) is 0 Å². The van der Waals surface area contributed by atoms with Gasteiger partial charge in [-0.3, -0.25) is 0 Å². The third kappa shape index (κ3) is 7.02. The first-order valence-corrected chi connectivity index (χ1v) is 8.97. The van der Waals surface area contributed by atoms with E-state index >= 15 is 0 Å². The van der Waals surface area contributed by atoms with Crippen molar-refractivity contribution in [3.63, 3.8) is 0 Å². The molecule has 0 bridgehead atoms. The number of nitrogens with one attached hydrogen (secondary N) is 2. The number of nitrogens with zero attached hydrogens (tertiary/aromatic N) is 1. The van der Waals surface area contributed by atoms with Crippen molar-refractivity contribution in [1.82, 2.24) is 4.98 Å². The molecule has 0 aromatic carbocycles. The largest absolute Gasteiger partial charge is 0.475 e. The van der Waals surface area contributed by atoms with E-state index in [1.54, 1.807) is 6.92 Å². The SMILES string of the molecule is CCCCCC(C)Nc1ccc(OC(C)CCC)nc1C(C)=N. The quantitative estimate of drug-likeness (QED) is 0.423. The molecule has 1 rings (SSSR count). The summed E-state index contributed by atoms with van der Waals surface area (Å²) in [6.07, 6.45) is 7.12. The molecule has 4 nitrogen and oxygen atoms in total. The van der Waals surface area contributed by atoms with Crippen LogP contribution in [0.4, 0.5) is 5.69 Å². The van der Waals surface area contributed by atoms with E-state index in [4.69, 9.17) is 10.1 Å². The summed E-state index contributed by atoms with van der Waals surface area (Å²) < 4.78 is 5.85. The Bertz CT molecular complexity index is 488. The zero-order chi connectivity index (χ0) is 17.2. The molecule has 1 heterocycles. The summed E-state index contributed by atoms with van der Waals surface area (Å²) in [6.45, 7) is 10.4. The molecule has 0 saturated carbocycles. The Labute approximate surface area is 141 Å². The van der Waals surface area contributed by atoms with E-state index in [0.29, 0.717) is 23.3 Å². The standard InChI is InChI=1S/C19H33N3O/c1-6-8-9-11-14(3)21-17-12-13-18(22-19(17)16(5)20)23-15(4)10-7-2/h12-15,20-21H,6-11H2,1-5H3. The lowest BCUT2D eigenvalue weighted by Gasteiger charge is -2.19. The van der Waals surface area contributed by atoms with E-state index in [2.05, 4.69) is 38.0 Å². The van der Waals surface area contributed by atoms with Crippen LogP contribution in [-0.2, 0) is 0 Å². The summed E-state index contributed by atoms with van der Waals surface area (Å²) in [5.41, 5.74) is 2.08. The van der Waals surface area contributed by atoms with E-state index in [1.807, 2.05) is 12.1 Å². The highest BCUT2D eigenvalue weighted by molar-refractivity contribution is 5.99. The molecule has 1 aromatic rings. The minimum absolute atomic E-state index is 0.151. The Balaban J connectivity index is 2.77. The van der Waals surface area contributed by atoms with Crippen LogP contribution in [0.3, 0.4) is 0 Å². The molecular weight excluding hydrogens is 286 g/mol. The molecular formula is C19H33N3O. The number of hydrogen-bond acceptors (Lipinski definition) is 4. The van der Waals surface area contributed by atoms with Gasteiger partial charge in [0.2, 0.25) is 5.88 Å². The van der Waals surface area contributed by atoms with Crippen molar-refractivity contribution >= 4 is 11.4 Å². The van der Waals surface area contributed by atoms with Gasteiger partial charge in [0.25, 0.3) is 0 Å². The second kappa shape index (κ2) is 10.2. The van der Waals surface area contributed by atoms with Gasteiger partial charge in [-0.25, -0.2) is 4.98 Å². The lowest BCUT2D eigenvalue weighted by atomic mass is 10.1. The lowest BCUT2D eigenvalue weighted by molar-refractivity contribution is 0.201. The zero-order valence-corrected chi connectivity index (χ0v) is 15.4. The van der Waals surface area contributed by atoms with Crippen LogP contribution in [0.15, 0.2) is 12.1 Å². The Morgan fingerprint density at radius 2 is 1.91 bits per heavy atom. The molecule has 2 atom stereocenters. The number of ether oxygens (including phenoxy) is 1. The van der Waals surface area contributed by atoms with Crippen molar-refractivity contribution < 1.29 is 4.74 Å². The van der Waals surface area contributed by atoms with Crippen LogP contribution in [-0.4, -0.2) is 22.8 Å². The predicted octanol–water partition coefficient (Wildman–Crippen LogP) is 5.42. The number of pyridine rings is 1. The van der Waals surface area contributed by atoms with Crippen LogP contribution < -0.4 is 10.1 Å². The Morgan fingerprint density at radius 3 is 2.52 bits per heavy atom. The highest BCUT2D eigenvalue weighted by Crippen LogP contribution is 2.22. The van der Waals surface area contributed by atoms with Gasteiger partial charge in [-0.05, 0) is 39.7 Å². The summed E-state index contributed by atoms with van der Waals surface area (Å²) in [7, 11) is 0. The first-order chi connectivity index (χ1) is 11.0. The molecule has 23 heavy (non-hydrogen) atoms. The third-order valence-electron chi connectivity index (χ3n) is 3.88. The minimum atomic E-state index is 0.151. The van der Waals surface area contributed by atoms with E-state index in [-0.39, 0.29) is 6.10 Å². The average molecular weight is 319 g/mol. The Kier molecular flexibility index (Phi) is 8.67. The van der Waals surface area contributed by atoms with Gasteiger partial charge in [0, 0.05) is 12.1 Å². The maximum atomic E-state index is 7.99. The summed E-state index contributed by atoms with van der Waals surface area (Å²) in [4.78, 5) is 4.53. The fourth-order valence-electron chi connectivity index (χ4n) is 2.62. The Morgan fingerprint density at radius 1 is 1.17 bits per heavy atom. The van der Waals surface area contributed by atoms with Crippen molar-refractivity contribution in [2.45, 2.75) is 85.3 Å². The van der Waals surface area contributed by atoms with Crippen molar-refractivity contribution in [3.8, 4) is 5.88 Å². The summed E-state index contributed by atoms with van der Waals surface area (Å²) in [5.74, 6) is 0.608. The van der Waals surface area contributed by atoms with Crippen LogP contribution in [0.1, 0.15) is 78.8 Å². The van der Waals surface area contributed by atoms with Gasteiger partial charge in [-0.2, -0.15) is 0 Å². The van der Waals surface area contributed by atoms with Gasteiger partial charge in [0.15, 0.2) is 0 Å². The smallest absolute Gasteiger partial charge is 0.214 e. The molecule has 0 radical (unpaired) electrons. The highest BCUT2D eigenvalue weighted by Gasteiger charge is 2.12. The first-order valence-electron chi connectivity index (χ1n) is 8.97. The number of anilines is 1. The molecule has 0 amide bonds. The lowest BCUT2D eigenvalue weighted by Crippen LogP contribution is -2.18. The molecule has 0 saturated heterocycles. The van der Waals surface area contributed by atoms with Gasteiger partial charge in [-0.15, -0.1) is 0 Å². The fraction of sp³-hybridized carbons (Fsp3) is 0.684. The zero-order valence-electron chi connectivity index (χ0n) is 15.4. The van der Waals surface area contributed by atoms with Crippen LogP contribution in [0.5, 0.6) is 5.88 Å². The van der Waals surface area contributed by atoms with Crippen molar-refractivity contribution in [3.05, 3.63) is 17.8 Å². The van der Waals surface area contributed by atoms with Crippen molar-refractivity contribution in [2.75, 3.05) is 5.32 Å². The molecule has 0 aliphatic carbocycles. The normalized spacial score (nSPS) is 13.4. The van der Waals surface area contributed by atoms with Crippen LogP contribution in [0, 0.1) is 5.41 Å². The van der Waals surface area contributed by atoms with Crippen LogP contribution in [0.25, 0.3) is 0 Å². The summed E-state index contributed by atoms with van der Waals surface area (Å²) >= 11 is 0. The van der Waals surface area contributed by atoms with Gasteiger partial charge in [0.05, 0.1) is 17.5 Å². The molecule has 2 unspecified atom stereocenters. The van der Waals surface area contributed by atoms with Gasteiger partial charge in [0.1, 0.15) is 5.69 Å². The molecule has 0 fully saturated rings. The average Bonchev–Trinajstić information content (AvgIpc) is 2.49. The number of rotatable bonds is 11. The molecule has 4 heteroatoms. The van der Waals surface area contributed by atoms with Crippen molar-refractivity contribution in [1.29, 1.82) is 5.41 Å². The summed E-state index contributed by atoms with van der Waals surface area (Å²) in [5, 5.41) is 11.5. The number of unbranched alkanes of at least 4 members (excludes halogenated alkanes) is 2. The van der Waals surface area contributed by atoms with Gasteiger partial charge < -0.3 is 15.5 Å². The number of hydrogen-bond donors (Lipinski definition) is 2. The molecule has 0 aliphatic heterocycles. The number of aromatic nitrogens is 1. The molecule has 0 aliphatic rings. The molecule has 130 valence electrons. The second-order valence-corrected chi connectivity index (χ2v) is 6.43. The maximum Gasteiger partial charge on any atom is 0.214 e. The Hall–Kier alpha value is -1.58. The minimum Gasteiger partial charge on any atom is -0.475 e. The van der Waals surface area contributed by atoms with E-state index in [9.17, 15) is 0 Å². The van der Waals surface area contributed by atoms with Crippen LogP contribution >= 0.6 is 0 Å². The fourth-order valence-corrected chi connectivity index (χ4v) is 2.62. The van der Waals surface area contributed by atoms with E-state index in [1.165, 1.54) is 19.3 Å². The molecule has 1 aromatic heterocycles. The van der Waals surface area contributed by atoms with Crippen LogP contribution in [0.2, 0.25) is 0 Å². The van der Waals surface area contributed by atoms with E-state index < -0.39 is 0 Å². The van der Waals surface area contributed by atoms with Gasteiger partial charge in [-0.1, -0.05) is 39.5 Å². The highest BCUT2D eigenvalue weighted by atomic mass is 16.5. The second-order valence-electron chi connectivity index (χ2n) is 6.43. The molecule has 0 spiro atoms. The molecule has 2 N–H and O–H groups in total. The predicted molar refractivity (Wildman–Crippen MR) is 99.0 cm³/mol. The maximum absolute atomic E-state index is 7.99. The van der Waals surface area contributed by atoms with Gasteiger partial charge >= 0.3 is 0 Å².